The number of anilines is 1. The van der Waals surface area contributed by atoms with Crippen LogP contribution in [0.3, 0.4) is 0 Å². The van der Waals surface area contributed by atoms with Crippen LogP contribution in [0.2, 0.25) is 0 Å². The first-order chi connectivity index (χ1) is 15.2. The molecule has 5 rings (SSSR count). The summed E-state index contributed by atoms with van der Waals surface area (Å²) >= 11 is 0. The predicted molar refractivity (Wildman–Crippen MR) is 113 cm³/mol. The standard InChI is InChI=1S/C22H23N7O2/c30-20(26-10-12-27(13-11-26)22-24-7-3-8-25-22)19-16-28-9-2-5-18(28)21(31)29(19)15-17-4-1-6-23-14-17/h1-9,14,19H,10-13,15-16H2. The summed E-state index contributed by atoms with van der Waals surface area (Å²) in [4.78, 5) is 45.1. The zero-order valence-corrected chi connectivity index (χ0v) is 17.0. The van der Waals surface area contributed by atoms with Crippen LogP contribution in [0.15, 0.2) is 61.3 Å². The first kappa shape index (κ1) is 19.2. The van der Waals surface area contributed by atoms with E-state index < -0.39 is 6.04 Å². The average Bonchev–Trinajstić information content (AvgIpc) is 3.31. The van der Waals surface area contributed by atoms with E-state index in [1.807, 2.05) is 33.9 Å². The van der Waals surface area contributed by atoms with Gasteiger partial charge in [0.15, 0.2) is 0 Å². The van der Waals surface area contributed by atoms with Crippen molar-refractivity contribution in [3.8, 4) is 0 Å². The molecular weight excluding hydrogens is 394 g/mol. The monoisotopic (exact) mass is 417 g/mol. The van der Waals surface area contributed by atoms with Crippen molar-refractivity contribution in [2.45, 2.75) is 19.1 Å². The van der Waals surface area contributed by atoms with Crippen LogP contribution in [-0.4, -0.2) is 73.4 Å². The second-order valence-electron chi connectivity index (χ2n) is 7.72. The van der Waals surface area contributed by atoms with E-state index in [0.29, 0.717) is 50.9 Å². The van der Waals surface area contributed by atoms with Gasteiger partial charge in [0.1, 0.15) is 11.7 Å². The summed E-state index contributed by atoms with van der Waals surface area (Å²) in [5.41, 5.74) is 1.51. The Morgan fingerprint density at radius 1 is 1.00 bits per heavy atom. The lowest BCUT2D eigenvalue weighted by molar-refractivity contribution is -0.137. The lowest BCUT2D eigenvalue weighted by Gasteiger charge is -2.41. The maximum Gasteiger partial charge on any atom is 0.271 e. The van der Waals surface area contributed by atoms with Gasteiger partial charge in [-0.2, -0.15) is 0 Å². The Labute approximate surface area is 179 Å². The Balaban J connectivity index is 1.34. The maximum atomic E-state index is 13.5. The van der Waals surface area contributed by atoms with Gasteiger partial charge < -0.3 is 19.3 Å². The van der Waals surface area contributed by atoms with E-state index in [1.165, 1.54) is 0 Å². The number of carbonyl (C=O) groups is 2. The Morgan fingerprint density at radius 2 is 1.81 bits per heavy atom. The van der Waals surface area contributed by atoms with Crippen molar-refractivity contribution in [2.75, 3.05) is 31.1 Å². The average molecular weight is 417 g/mol. The quantitative estimate of drug-likeness (QED) is 0.631. The highest BCUT2D eigenvalue weighted by molar-refractivity contribution is 5.97. The zero-order chi connectivity index (χ0) is 21.2. The molecule has 1 unspecified atom stereocenters. The van der Waals surface area contributed by atoms with Crippen LogP contribution < -0.4 is 4.90 Å². The molecule has 158 valence electrons. The van der Waals surface area contributed by atoms with E-state index in [-0.39, 0.29) is 11.8 Å². The highest BCUT2D eigenvalue weighted by atomic mass is 16.2. The number of pyridine rings is 1. The SMILES string of the molecule is O=C(C1Cn2cccc2C(=O)N1Cc1cccnc1)N1CCN(c2ncccn2)CC1. The van der Waals surface area contributed by atoms with Gasteiger partial charge in [0.05, 0.1) is 6.54 Å². The Kier molecular flexibility index (Phi) is 5.07. The number of nitrogens with zero attached hydrogens (tertiary/aromatic N) is 7. The Bertz CT molecular complexity index is 1060. The van der Waals surface area contributed by atoms with Gasteiger partial charge in [0, 0.05) is 63.7 Å². The largest absolute Gasteiger partial charge is 0.341 e. The van der Waals surface area contributed by atoms with Crippen LogP contribution in [0, 0.1) is 0 Å². The molecule has 9 nitrogen and oxygen atoms in total. The molecule has 0 aliphatic carbocycles. The minimum atomic E-state index is -0.549. The molecule has 0 saturated carbocycles. The van der Waals surface area contributed by atoms with Crippen LogP contribution >= 0.6 is 0 Å². The highest BCUT2D eigenvalue weighted by Crippen LogP contribution is 2.23. The van der Waals surface area contributed by atoms with Crippen molar-refractivity contribution in [1.29, 1.82) is 0 Å². The van der Waals surface area contributed by atoms with Crippen LogP contribution in [0.4, 0.5) is 5.95 Å². The minimum absolute atomic E-state index is 0.0229. The van der Waals surface area contributed by atoms with Gasteiger partial charge in [-0.25, -0.2) is 9.97 Å². The molecule has 3 aromatic rings. The third kappa shape index (κ3) is 3.74. The summed E-state index contributed by atoms with van der Waals surface area (Å²) in [5, 5.41) is 0. The summed E-state index contributed by atoms with van der Waals surface area (Å²) < 4.78 is 1.87. The molecule has 9 heteroatoms. The molecule has 0 bridgehead atoms. The fourth-order valence-electron chi connectivity index (χ4n) is 4.21. The molecule has 0 radical (unpaired) electrons. The summed E-state index contributed by atoms with van der Waals surface area (Å²) in [6, 6.07) is 8.66. The van der Waals surface area contributed by atoms with E-state index in [4.69, 9.17) is 0 Å². The van der Waals surface area contributed by atoms with Gasteiger partial charge in [-0.05, 0) is 29.8 Å². The van der Waals surface area contributed by atoms with E-state index in [0.717, 1.165) is 5.56 Å². The molecule has 0 N–H and O–H groups in total. The first-order valence-electron chi connectivity index (χ1n) is 10.4. The molecule has 1 saturated heterocycles. The Hall–Kier alpha value is -3.75. The second kappa shape index (κ2) is 8.17. The smallest absolute Gasteiger partial charge is 0.271 e. The van der Waals surface area contributed by atoms with E-state index in [1.54, 1.807) is 41.8 Å². The fourth-order valence-corrected chi connectivity index (χ4v) is 4.21. The van der Waals surface area contributed by atoms with Gasteiger partial charge in [-0.3, -0.25) is 14.6 Å². The fraction of sp³-hybridized carbons (Fsp3) is 0.318. The van der Waals surface area contributed by atoms with Crippen LogP contribution in [0.5, 0.6) is 0 Å². The van der Waals surface area contributed by atoms with Crippen LogP contribution in [0.25, 0.3) is 0 Å². The maximum absolute atomic E-state index is 13.5. The van der Waals surface area contributed by atoms with Crippen molar-refractivity contribution < 1.29 is 9.59 Å². The van der Waals surface area contributed by atoms with E-state index >= 15 is 0 Å². The van der Waals surface area contributed by atoms with Crippen molar-refractivity contribution >= 4 is 17.8 Å². The second-order valence-corrected chi connectivity index (χ2v) is 7.72. The molecular formula is C22H23N7O2. The van der Waals surface area contributed by atoms with Gasteiger partial charge in [0.25, 0.3) is 5.91 Å². The summed E-state index contributed by atoms with van der Waals surface area (Å²) in [5.74, 6) is 0.526. The van der Waals surface area contributed by atoms with Crippen molar-refractivity contribution in [3.63, 3.8) is 0 Å². The number of fused-ring (bicyclic) bond motifs is 1. The van der Waals surface area contributed by atoms with Crippen molar-refractivity contribution in [1.82, 2.24) is 29.3 Å². The summed E-state index contributed by atoms with van der Waals surface area (Å²) in [6.07, 6.45) is 8.74. The molecule has 3 aromatic heterocycles. The molecule has 2 aliphatic heterocycles. The lowest BCUT2D eigenvalue weighted by atomic mass is 10.1. The zero-order valence-electron chi connectivity index (χ0n) is 17.0. The van der Waals surface area contributed by atoms with Crippen molar-refractivity contribution in [2.24, 2.45) is 0 Å². The first-order valence-corrected chi connectivity index (χ1v) is 10.4. The minimum Gasteiger partial charge on any atom is -0.341 e. The van der Waals surface area contributed by atoms with Crippen LogP contribution in [0.1, 0.15) is 16.1 Å². The third-order valence-corrected chi connectivity index (χ3v) is 5.84. The Morgan fingerprint density at radius 3 is 2.55 bits per heavy atom. The number of amides is 2. The molecule has 0 spiro atoms. The highest BCUT2D eigenvalue weighted by Gasteiger charge is 2.39. The topological polar surface area (TPSA) is 87.5 Å². The molecule has 0 aromatic carbocycles. The predicted octanol–water partition coefficient (Wildman–Crippen LogP) is 1.05. The number of piperazine rings is 1. The molecule has 2 aliphatic rings. The van der Waals surface area contributed by atoms with Gasteiger partial charge in [-0.1, -0.05) is 6.07 Å². The molecule has 1 atom stereocenters. The normalized spacial score (nSPS) is 18.8. The number of carbonyl (C=O) groups excluding carboxylic acids is 2. The van der Waals surface area contributed by atoms with Gasteiger partial charge in [0.2, 0.25) is 11.9 Å². The van der Waals surface area contributed by atoms with E-state index in [2.05, 4.69) is 19.9 Å². The third-order valence-electron chi connectivity index (χ3n) is 5.84. The molecule has 2 amide bonds. The van der Waals surface area contributed by atoms with Gasteiger partial charge >= 0.3 is 0 Å². The van der Waals surface area contributed by atoms with Gasteiger partial charge in [-0.15, -0.1) is 0 Å². The van der Waals surface area contributed by atoms with Crippen LogP contribution in [-0.2, 0) is 17.9 Å². The van der Waals surface area contributed by atoms with Crippen molar-refractivity contribution in [3.05, 3.63) is 72.6 Å². The number of hydrogen-bond donors (Lipinski definition) is 0. The molecule has 5 heterocycles. The number of hydrogen-bond acceptors (Lipinski definition) is 6. The summed E-state index contributed by atoms with van der Waals surface area (Å²) in [7, 11) is 0. The summed E-state index contributed by atoms with van der Waals surface area (Å²) in [6.45, 7) is 3.27. The lowest BCUT2D eigenvalue weighted by Crippen LogP contribution is -2.59. The number of rotatable bonds is 4. The molecule has 1 fully saturated rings. The van der Waals surface area contributed by atoms with E-state index in [9.17, 15) is 9.59 Å². The molecule has 31 heavy (non-hydrogen) atoms. The number of aromatic nitrogens is 4.